The van der Waals surface area contributed by atoms with Gasteiger partial charge in [0, 0.05) is 0 Å². The molecule has 1 aliphatic rings. The van der Waals surface area contributed by atoms with Crippen LogP contribution in [0.5, 0.6) is 5.75 Å². The fourth-order valence-corrected chi connectivity index (χ4v) is 4.18. The Labute approximate surface area is 169 Å². The summed E-state index contributed by atoms with van der Waals surface area (Å²) in [6.07, 6.45) is 3.53. The molecular weight excluding hydrogens is 378 g/mol. The number of thioether (sulfide) groups is 1. The highest BCUT2D eigenvalue weighted by molar-refractivity contribution is 8.26. The summed E-state index contributed by atoms with van der Waals surface area (Å²) in [5.74, 6) is 1.87. The van der Waals surface area contributed by atoms with E-state index in [1.165, 1.54) is 11.8 Å². The number of hydrogen-bond donors (Lipinski definition) is 0. The van der Waals surface area contributed by atoms with Gasteiger partial charge in [0.25, 0.3) is 5.91 Å². The van der Waals surface area contributed by atoms with Gasteiger partial charge in [-0.25, -0.2) is 0 Å². The molecule has 1 aromatic heterocycles. The van der Waals surface area contributed by atoms with E-state index >= 15 is 0 Å². The van der Waals surface area contributed by atoms with Crippen molar-refractivity contribution in [1.29, 1.82) is 0 Å². The summed E-state index contributed by atoms with van der Waals surface area (Å²) in [5.41, 5.74) is 3.22. The van der Waals surface area contributed by atoms with Crippen molar-refractivity contribution in [1.82, 2.24) is 4.90 Å². The monoisotopic (exact) mass is 401 g/mol. The summed E-state index contributed by atoms with van der Waals surface area (Å²) < 4.78 is 11.7. The largest absolute Gasteiger partial charge is 0.494 e. The molecule has 2 aromatic rings. The van der Waals surface area contributed by atoms with Crippen LogP contribution < -0.4 is 4.74 Å². The van der Waals surface area contributed by atoms with Crippen LogP contribution in [0.1, 0.15) is 49.1 Å². The zero-order valence-electron chi connectivity index (χ0n) is 15.9. The Morgan fingerprint density at radius 3 is 2.78 bits per heavy atom. The lowest BCUT2D eigenvalue weighted by molar-refractivity contribution is -0.122. The Morgan fingerprint density at radius 1 is 1.37 bits per heavy atom. The number of benzene rings is 1. The number of hydrogen-bond acceptors (Lipinski definition) is 5. The Hall–Kier alpha value is -2.05. The van der Waals surface area contributed by atoms with E-state index < -0.39 is 0 Å². The molecule has 1 fully saturated rings. The van der Waals surface area contributed by atoms with Gasteiger partial charge >= 0.3 is 0 Å². The maximum Gasteiger partial charge on any atom is 0.266 e. The number of furan rings is 1. The molecular formula is C21H23NO3S2. The van der Waals surface area contributed by atoms with Crippen LogP contribution in [-0.4, -0.2) is 21.7 Å². The molecule has 1 saturated heterocycles. The van der Waals surface area contributed by atoms with Crippen LogP contribution >= 0.6 is 24.0 Å². The second-order valence-corrected chi connectivity index (χ2v) is 8.36. The first-order chi connectivity index (χ1) is 12.9. The number of thiocarbonyl (C=S) groups is 1. The van der Waals surface area contributed by atoms with Crippen LogP contribution in [0.4, 0.5) is 0 Å². The van der Waals surface area contributed by atoms with Gasteiger partial charge in [0.15, 0.2) is 0 Å². The highest BCUT2D eigenvalue weighted by atomic mass is 32.2. The number of rotatable bonds is 6. The van der Waals surface area contributed by atoms with E-state index in [0.717, 1.165) is 22.4 Å². The van der Waals surface area contributed by atoms with Crippen molar-refractivity contribution >= 4 is 40.3 Å². The molecule has 4 nitrogen and oxygen atoms in total. The summed E-state index contributed by atoms with van der Waals surface area (Å²) >= 11 is 6.74. The second-order valence-electron chi connectivity index (χ2n) is 6.68. The van der Waals surface area contributed by atoms with Crippen LogP contribution in [-0.2, 0) is 11.3 Å². The van der Waals surface area contributed by atoms with Crippen molar-refractivity contribution in [2.24, 2.45) is 0 Å². The quantitative estimate of drug-likeness (QED) is 0.471. The predicted octanol–water partition coefficient (Wildman–Crippen LogP) is 5.51. The van der Waals surface area contributed by atoms with E-state index in [0.29, 0.717) is 34.1 Å². The van der Waals surface area contributed by atoms with Gasteiger partial charge in [0.2, 0.25) is 0 Å². The van der Waals surface area contributed by atoms with Gasteiger partial charge in [-0.15, -0.1) is 0 Å². The van der Waals surface area contributed by atoms with Crippen LogP contribution in [0, 0.1) is 6.92 Å². The normalized spacial score (nSPS) is 16.0. The highest BCUT2D eigenvalue weighted by Crippen LogP contribution is 2.36. The smallest absolute Gasteiger partial charge is 0.266 e. The summed E-state index contributed by atoms with van der Waals surface area (Å²) in [7, 11) is 0. The second kappa shape index (κ2) is 8.31. The fourth-order valence-electron chi connectivity index (χ4n) is 2.94. The van der Waals surface area contributed by atoms with Gasteiger partial charge in [-0.3, -0.25) is 9.69 Å². The molecule has 0 unspecified atom stereocenters. The third-order valence-corrected chi connectivity index (χ3v) is 5.75. The maximum atomic E-state index is 12.8. The lowest BCUT2D eigenvalue weighted by Gasteiger charge is -2.16. The summed E-state index contributed by atoms with van der Waals surface area (Å²) in [5, 5.41) is 0. The van der Waals surface area contributed by atoms with E-state index in [1.807, 2.05) is 32.1 Å². The van der Waals surface area contributed by atoms with E-state index in [9.17, 15) is 4.79 Å². The SMILES string of the molecule is CCOc1cc(C)c(/C=C2/SC(=S)N(Cc3ccco3)C2=O)cc1C(C)C. The average molecular weight is 402 g/mol. The average Bonchev–Trinajstić information content (AvgIpc) is 3.21. The molecule has 27 heavy (non-hydrogen) atoms. The molecule has 1 aliphatic heterocycles. The number of amides is 1. The Morgan fingerprint density at radius 2 is 2.15 bits per heavy atom. The number of ether oxygens (including phenoxy) is 1. The third kappa shape index (κ3) is 4.28. The molecule has 1 aromatic carbocycles. The molecule has 0 N–H and O–H groups in total. The van der Waals surface area contributed by atoms with Gasteiger partial charge in [-0.2, -0.15) is 0 Å². The van der Waals surface area contributed by atoms with Crippen molar-refractivity contribution in [2.75, 3.05) is 6.61 Å². The fraction of sp³-hybridized carbons (Fsp3) is 0.333. The molecule has 0 saturated carbocycles. The third-order valence-electron chi connectivity index (χ3n) is 4.37. The van der Waals surface area contributed by atoms with Crippen LogP contribution in [0.2, 0.25) is 0 Å². The van der Waals surface area contributed by atoms with E-state index in [1.54, 1.807) is 17.2 Å². The molecule has 0 bridgehead atoms. The van der Waals surface area contributed by atoms with Gasteiger partial charge < -0.3 is 9.15 Å². The minimum Gasteiger partial charge on any atom is -0.494 e. The van der Waals surface area contributed by atoms with E-state index in [-0.39, 0.29) is 5.91 Å². The van der Waals surface area contributed by atoms with Gasteiger partial charge in [0.1, 0.15) is 15.8 Å². The van der Waals surface area contributed by atoms with Crippen molar-refractivity contribution in [3.05, 3.63) is 57.9 Å². The van der Waals surface area contributed by atoms with Gasteiger partial charge in [0.05, 0.1) is 24.3 Å². The molecule has 0 spiro atoms. The molecule has 6 heteroatoms. The topological polar surface area (TPSA) is 42.7 Å². The molecule has 142 valence electrons. The van der Waals surface area contributed by atoms with Crippen molar-refractivity contribution in [3.63, 3.8) is 0 Å². The minimum atomic E-state index is -0.0826. The van der Waals surface area contributed by atoms with E-state index in [4.69, 9.17) is 21.4 Å². The minimum absolute atomic E-state index is 0.0826. The predicted molar refractivity (Wildman–Crippen MR) is 114 cm³/mol. The Bertz CT molecular complexity index is 885. The lowest BCUT2D eigenvalue weighted by atomic mass is 9.96. The van der Waals surface area contributed by atoms with Crippen molar-refractivity contribution in [2.45, 2.75) is 40.2 Å². The van der Waals surface area contributed by atoms with Gasteiger partial charge in [-0.05, 0) is 66.8 Å². The molecule has 2 heterocycles. The molecule has 0 atom stereocenters. The zero-order chi connectivity index (χ0) is 19.6. The molecule has 3 rings (SSSR count). The number of carbonyl (C=O) groups excluding carboxylic acids is 1. The molecule has 1 amide bonds. The number of carbonyl (C=O) groups is 1. The van der Waals surface area contributed by atoms with Crippen LogP contribution in [0.15, 0.2) is 39.9 Å². The van der Waals surface area contributed by atoms with Crippen molar-refractivity contribution in [3.8, 4) is 5.75 Å². The van der Waals surface area contributed by atoms with Gasteiger partial charge in [-0.1, -0.05) is 37.8 Å². The summed E-state index contributed by atoms with van der Waals surface area (Å²) in [6.45, 7) is 9.28. The lowest BCUT2D eigenvalue weighted by Crippen LogP contribution is -2.27. The van der Waals surface area contributed by atoms with Crippen LogP contribution in [0.3, 0.4) is 0 Å². The first-order valence-electron chi connectivity index (χ1n) is 8.95. The maximum absolute atomic E-state index is 12.8. The van der Waals surface area contributed by atoms with Crippen molar-refractivity contribution < 1.29 is 13.9 Å². The summed E-state index contributed by atoms with van der Waals surface area (Å²) in [4.78, 5) is 15.0. The van der Waals surface area contributed by atoms with E-state index in [2.05, 4.69) is 19.9 Å². The Balaban J connectivity index is 1.91. The Kier molecular flexibility index (Phi) is 6.07. The first-order valence-corrected chi connectivity index (χ1v) is 10.2. The van der Waals surface area contributed by atoms with Crippen LogP contribution in [0.25, 0.3) is 6.08 Å². The standard InChI is InChI=1S/C21H23NO3S2/c1-5-24-18-9-14(4)15(10-17(18)13(2)3)11-19-20(23)22(21(26)27-19)12-16-7-6-8-25-16/h6-11,13H,5,12H2,1-4H3/b19-11+. The highest BCUT2D eigenvalue weighted by Gasteiger charge is 2.32. The number of nitrogens with zero attached hydrogens (tertiary/aromatic N) is 1. The number of aryl methyl sites for hydroxylation is 1. The zero-order valence-corrected chi connectivity index (χ0v) is 17.6. The molecule has 0 aliphatic carbocycles. The summed E-state index contributed by atoms with van der Waals surface area (Å²) in [6, 6.07) is 7.81. The molecule has 0 radical (unpaired) electrons. The first kappa shape index (κ1) is 19.7.